The van der Waals surface area contributed by atoms with Crippen molar-refractivity contribution in [3.63, 3.8) is 0 Å². The number of fused-ring (bicyclic) bond motifs is 1. The Balaban J connectivity index is 1.64. The number of aromatic hydroxyl groups is 1. The minimum absolute atomic E-state index is 0.0342. The standard InChI is InChI=1S/C25H25BrN2O4S/c1-3-32-25(30)22-18-9-10-28(14-16-7-5-4-6-8-16)15-21(18)33-24(22)27-13-17-11-19(26)23(29)20(12-17)31-2/h4-8,11-13,29H,3,9-10,14-15H2,1-2H3. The predicted molar refractivity (Wildman–Crippen MR) is 134 cm³/mol. The molecule has 6 nitrogen and oxygen atoms in total. The van der Waals surface area contributed by atoms with Crippen LogP contribution < -0.4 is 4.74 Å². The number of carbonyl (C=O) groups is 1. The molecular weight excluding hydrogens is 504 g/mol. The lowest BCUT2D eigenvalue weighted by Gasteiger charge is -2.27. The molecular formula is C25H25BrN2O4S. The number of benzene rings is 2. The summed E-state index contributed by atoms with van der Waals surface area (Å²) in [6.45, 7) is 4.63. The van der Waals surface area contributed by atoms with Crippen molar-refractivity contribution in [2.75, 3.05) is 20.3 Å². The highest BCUT2D eigenvalue weighted by Gasteiger charge is 2.28. The summed E-state index contributed by atoms with van der Waals surface area (Å²) in [6, 6.07) is 13.8. The molecule has 0 amide bonds. The van der Waals surface area contributed by atoms with Gasteiger partial charge < -0.3 is 14.6 Å². The van der Waals surface area contributed by atoms with Gasteiger partial charge in [0.05, 0.1) is 23.8 Å². The van der Waals surface area contributed by atoms with Crippen LogP contribution in [0.3, 0.4) is 0 Å². The lowest BCUT2D eigenvalue weighted by molar-refractivity contribution is 0.0526. The van der Waals surface area contributed by atoms with Crippen LogP contribution in [0.2, 0.25) is 0 Å². The monoisotopic (exact) mass is 528 g/mol. The van der Waals surface area contributed by atoms with E-state index in [-0.39, 0.29) is 11.7 Å². The summed E-state index contributed by atoms with van der Waals surface area (Å²) in [5.74, 6) is 0.0496. The molecule has 172 valence electrons. The molecule has 0 bridgehead atoms. The maximum atomic E-state index is 12.8. The summed E-state index contributed by atoms with van der Waals surface area (Å²) < 4.78 is 11.1. The van der Waals surface area contributed by atoms with Gasteiger partial charge in [-0.2, -0.15) is 0 Å². The number of ether oxygens (including phenoxy) is 2. The third-order valence-electron chi connectivity index (χ3n) is 5.45. The highest BCUT2D eigenvalue weighted by atomic mass is 79.9. The zero-order valence-electron chi connectivity index (χ0n) is 18.5. The van der Waals surface area contributed by atoms with E-state index in [0.29, 0.717) is 27.4 Å². The van der Waals surface area contributed by atoms with E-state index in [0.717, 1.165) is 42.1 Å². The first-order chi connectivity index (χ1) is 16.0. The Morgan fingerprint density at radius 3 is 2.82 bits per heavy atom. The van der Waals surface area contributed by atoms with Gasteiger partial charge in [-0.1, -0.05) is 30.3 Å². The van der Waals surface area contributed by atoms with Crippen molar-refractivity contribution in [2.24, 2.45) is 4.99 Å². The summed E-state index contributed by atoms with van der Waals surface area (Å²) >= 11 is 4.87. The first-order valence-electron chi connectivity index (χ1n) is 10.7. The van der Waals surface area contributed by atoms with Crippen LogP contribution in [-0.2, 0) is 24.2 Å². The van der Waals surface area contributed by atoms with E-state index < -0.39 is 0 Å². The molecule has 33 heavy (non-hydrogen) atoms. The van der Waals surface area contributed by atoms with E-state index in [2.05, 4.69) is 50.1 Å². The molecule has 1 aliphatic heterocycles. The first-order valence-corrected chi connectivity index (χ1v) is 12.3. The average Bonchev–Trinajstić information content (AvgIpc) is 3.18. The minimum Gasteiger partial charge on any atom is -0.503 e. The first kappa shape index (κ1) is 23.5. The van der Waals surface area contributed by atoms with Crippen LogP contribution in [0, 0.1) is 0 Å². The van der Waals surface area contributed by atoms with Crippen molar-refractivity contribution >= 4 is 44.5 Å². The van der Waals surface area contributed by atoms with Gasteiger partial charge in [-0.15, -0.1) is 11.3 Å². The summed E-state index contributed by atoms with van der Waals surface area (Å²) in [6.07, 6.45) is 2.45. The Kier molecular flexibility index (Phi) is 7.47. The van der Waals surface area contributed by atoms with Crippen molar-refractivity contribution in [1.82, 2.24) is 4.90 Å². The molecule has 0 atom stereocenters. The number of phenolic OH excluding ortho intramolecular Hbond substituents is 1. The molecule has 1 N–H and O–H groups in total. The van der Waals surface area contributed by atoms with Crippen LogP contribution in [0.15, 0.2) is 51.9 Å². The zero-order chi connectivity index (χ0) is 23.4. The number of hydrogen-bond acceptors (Lipinski definition) is 7. The van der Waals surface area contributed by atoms with Gasteiger partial charge in [-0.05, 0) is 58.1 Å². The molecule has 8 heteroatoms. The highest BCUT2D eigenvalue weighted by Crippen LogP contribution is 2.40. The van der Waals surface area contributed by atoms with E-state index in [4.69, 9.17) is 9.47 Å². The molecule has 0 saturated carbocycles. The normalized spacial score (nSPS) is 13.8. The molecule has 0 spiro atoms. The van der Waals surface area contributed by atoms with Gasteiger partial charge in [0.1, 0.15) is 5.00 Å². The van der Waals surface area contributed by atoms with Gasteiger partial charge in [-0.25, -0.2) is 9.79 Å². The zero-order valence-corrected chi connectivity index (χ0v) is 20.9. The van der Waals surface area contributed by atoms with Gasteiger partial charge in [0.2, 0.25) is 0 Å². The van der Waals surface area contributed by atoms with Crippen molar-refractivity contribution in [3.8, 4) is 11.5 Å². The van der Waals surface area contributed by atoms with Gasteiger partial charge in [-0.3, -0.25) is 4.90 Å². The quantitative estimate of drug-likeness (QED) is 0.314. The van der Waals surface area contributed by atoms with Crippen LogP contribution >= 0.6 is 27.3 Å². The smallest absolute Gasteiger partial charge is 0.341 e. The topological polar surface area (TPSA) is 71.4 Å². The molecule has 0 saturated heterocycles. The summed E-state index contributed by atoms with van der Waals surface area (Å²) in [5, 5.41) is 10.7. The van der Waals surface area contributed by atoms with Crippen molar-refractivity contribution in [3.05, 3.63) is 74.1 Å². The van der Waals surface area contributed by atoms with E-state index in [1.54, 1.807) is 18.3 Å². The Bertz CT molecular complexity index is 1180. The third-order valence-corrected chi connectivity index (χ3v) is 7.18. The third kappa shape index (κ3) is 5.29. The Morgan fingerprint density at radius 1 is 1.30 bits per heavy atom. The Labute approximate surface area is 205 Å². The molecule has 3 aromatic rings. The van der Waals surface area contributed by atoms with E-state index in [9.17, 15) is 9.90 Å². The molecule has 0 radical (unpaired) electrons. The molecule has 0 unspecified atom stereocenters. The molecule has 0 fully saturated rings. The summed E-state index contributed by atoms with van der Waals surface area (Å²) in [5.41, 5.74) is 3.62. The van der Waals surface area contributed by atoms with Crippen molar-refractivity contribution in [1.29, 1.82) is 0 Å². The second kappa shape index (κ2) is 10.5. The Hall–Kier alpha value is -2.68. The molecule has 1 aliphatic rings. The van der Waals surface area contributed by atoms with E-state index in [1.807, 2.05) is 13.0 Å². The van der Waals surface area contributed by atoms with Gasteiger partial charge >= 0.3 is 5.97 Å². The number of thiophene rings is 1. The second-order valence-corrected chi connectivity index (χ2v) is 9.60. The molecule has 0 aliphatic carbocycles. The molecule has 2 aromatic carbocycles. The number of phenols is 1. The van der Waals surface area contributed by atoms with Gasteiger partial charge in [0, 0.05) is 30.7 Å². The van der Waals surface area contributed by atoms with Crippen molar-refractivity contribution in [2.45, 2.75) is 26.4 Å². The number of carbonyl (C=O) groups excluding carboxylic acids is 1. The number of halogens is 1. The van der Waals surface area contributed by atoms with Crippen molar-refractivity contribution < 1.29 is 19.4 Å². The molecule has 4 rings (SSSR count). The molecule has 2 heterocycles. The fourth-order valence-electron chi connectivity index (χ4n) is 3.88. The lowest BCUT2D eigenvalue weighted by Crippen LogP contribution is -2.29. The van der Waals surface area contributed by atoms with Crippen LogP contribution in [-0.4, -0.2) is 42.5 Å². The number of rotatable bonds is 7. The predicted octanol–water partition coefficient (Wildman–Crippen LogP) is 5.71. The maximum absolute atomic E-state index is 12.8. The maximum Gasteiger partial charge on any atom is 0.341 e. The number of aliphatic imine (C=N–C) groups is 1. The fourth-order valence-corrected chi connectivity index (χ4v) is 5.56. The number of hydrogen-bond donors (Lipinski definition) is 1. The highest BCUT2D eigenvalue weighted by molar-refractivity contribution is 9.10. The number of methoxy groups -OCH3 is 1. The fraction of sp³-hybridized carbons (Fsp3) is 0.280. The van der Waals surface area contributed by atoms with Crippen LogP contribution in [0.4, 0.5) is 5.00 Å². The number of esters is 1. The Morgan fingerprint density at radius 2 is 2.09 bits per heavy atom. The van der Waals surface area contributed by atoms with Crippen LogP contribution in [0.1, 0.15) is 38.8 Å². The second-order valence-electron chi connectivity index (χ2n) is 7.66. The van der Waals surface area contributed by atoms with Gasteiger partial charge in [0.15, 0.2) is 11.5 Å². The van der Waals surface area contributed by atoms with Crippen LogP contribution in [0.25, 0.3) is 0 Å². The van der Waals surface area contributed by atoms with Crippen LogP contribution in [0.5, 0.6) is 11.5 Å². The minimum atomic E-state index is -0.330. The van der Waals surface area contributed by atoms with Gasteiger partial charge in [0.25, 0.3) is 0 Å². The van der Waals surface area contributed by atoms with E-state index >= 15 is 0 Å². The molecule has 1 aromatic heterocycles. The number of nitrogens with zero attached hydrogens (tertiary/aromatic N) is 2. The summed E-state index contributed by atoms with van der Waals surface area (Å²) in [4.78, 5) is 21.0. The summed E-state index contributed by atoms with van der Waals surface area (Å²) in [7, 11) is 1.50. The largest absolute Gasteiger partial charge is 0.503 e. The SMILES string of the molecule is CCOC(=O)c1c(N=Cc2cc(Br)c(O)c(OC)c2)sc2c1CCN(Cc1ccccc1)C2. The lowest BCUT2D eigenvalue weighted by atomic mass is 10.0. The van der Waals surface area contributed by atoms with E-state index in [1.165, 1.54) is 24.0 Å². The average molecular weight is 529 g/mol.